The molecule has 3 nitrogen and oxygen atoms in total. The van der Waals surface area contributed by atoms with Gasteiger partial charge in [-0.3, -0.25) is 4.98 Å². The van der Waals surface area contributed by atoms with Crippen molar-refractivity contribution in [3.63, 3.8) is 0 Å². The predicted molar refractivity (Wildman–Crippen MR) is 93.2 cm³/mol. The van der Waals surface area contributed by atoms with Gasteiger partial charge in [0.1, 0.15) is 0 Å². The van der Waals surface area contributed by atoms with E-state index in [1.807, 2.05) is 66.9 Å². The average molecular weight is 318 g/mol. The minimum atomic E-state index is 0.768. The number of pyridine rings is 1. The lowest BCUT2D eigenvalue weighted by Crippen LogP contribution is -1.83. The van der Waals surface area contributed by atoms with Gasteiger partial charge >= 0.3 is 0 Å². The van der Waals surface area contributed by atoms with Crippen LogP contribution < -0.4 is 0 Å². The Morgan fingerprint density at radius 3 is 2.65 bits per heavy atom. The number of fused-ring (bicyclic) bond motifs is 1. The molecule has 2 aromatic carbocycles. The Morgan fingerprint density at radius 1 is 0.913 bits per heavy atom. The van der Waals surface area contributed by atoms with E-state index in [2.05, 4.69) is 16.2 Å². The van der Waals surface area contributed by atoms with Crippen LogP contribution in [-0.4, -0.2) is 10.1 Å². The molecular weight excluding hydrogens is 304 g/mol. The molecule has 0 aliphatic rings. The van der Waals surface area contributed by atoms with E-state index in [1.165, 1.54) is 10.3 Å². The first-order valence-corrected chi connectivity index (χ1v) is 8.36. The minimum absolute atomic E-state index is 0.768. The zero-order valence-electron chi connectivity index (χ0n) is 12.3. The fourth-order valence-electron chi connectivity index (χ4n) is 2.47. The topological polar surface area (TPSA) is 38.9 Å². The van der Waals surface area contributed by atoms with Crippen molar-refractivity contribution in [3.8, 4) is 11.3 Å². The molecule has 2 aromatic heterocycles. The summed E-state index contributed by atoms with van der Waals surface area (Å²) in [4.78, 5) is 5.60. The van der Waals surface area contributed by atoms with E-state index in [-0.39, 0.29) is 0 Å². The molecule has 2 heterocycles. The van der Waals surface area contributed by atoms with Crippen LogP contribution in [0.3, 0.4) is 0 Å². The second-order valence-corrected chi connectivity index (χ2v) is 6.18. The van der Waals surface area contributed by atoms with Crippen molar-refractivity contribution in [2.24, 2.45) is 0 Å². The van der Waals surface area contributed by atoms with Gasteiger partial charge in [-0.2, -0.15) is 0 Å². The van der Waals surface area contributed by atoms with Crippen LogP contribution >= 0.6 is 11.8 Å². The molecule has 0 saturated heterocycles. The number of benzene rings is 2. The number of hydrogen-bond donors (Lipinski definition) is 0. The van der Waals surface area contributed by atoms with E-state index in [0.29, 0.717) is 0 Å². The SMILES string of the molecule is c1ccc(-c2cc(CSc3ccnc4ccccc34)no2)cc1. The van der Waals surface area contributed by atoms with Crippen molar-refractivity contribution in [1.29, 1.82) is 0 Å². The quantitative estimate of drug-likeness (QED) is 0.486. The zero-order chi connectivity index (χ0) is 15.5. The van der Waals surface area contributed by atoms with Gasteiger partial charge in [0.25, 0.3) is 0 Å². The van der Waals surface area contributed by atoms with Crippen LogP contribution in [-0.2, 0) is 5.75 Å². The van der Waals surface area contributed by atoms with E-state index >= 15 is 0 Å². The van der Waals surface area contributed by atoms with Gasteiger partial charge in [0, 0.05) is 33.9 Å². The molecule has 4 rings (SSSR count). The highest BCUT2D eigenvalue weighted by Gasteiger charge is 2.08. The second kappa shape index (κ2) is 6.26. The van der Waals surface area contributed by atoms with Crippen LogP contribution in [0.4, 0.5) is 0 Å². The second-order valence-electron chi connectivity index (χ2n) is 5.16. The van der Waals surface area contributed by atoms with Gasteiger partial charge in [-0.25, -0.2) is 0 Å². The Kier molecular flexibility index (Phi) is 3.82. The number of aromatic nitrogens is 2. The summed E-state index contributed by atoms with van der Waals surface area (Å²) in [5.74, 6) is 1.57. The smallest absolute Gasteiger partial charge is 0.167 e. The largest absolute Gasteiger partial charge is 0.356 e. The van der Waals surface area contributed by atoms with Crippen LogP contribution in [0.15, 0.2) is 82.3 Å². The molecule has 0 bridgehead atoms. The van der Waals surface area contributed by atoms with E-state index in [1.54, 1.807) is 11.8 Å². The lowest BCUT2D eigenvalue weighted by Gasteiger charge is -2.03. The number of nitrogens with zero attached hydrogens (tertiary/aromatic N) is 2. The Hall–Kier alpha value is -2.59. The highest BCUT2D eigenvalue weighted by molar-refractivity contribution is 7.98. The minimum Gasteiger partial charge on any atom is -0.356 e. The van der Waals surface area contributed by atoms with Crippen LogP contribution in [0, 0.1) is 0 Å². The van der Waals surface area contributed by atoms with E-state index < -0.39 is 0 Å². The van der Waals surface area contributed by atoms with Gasteiger partial charge in [0.2, 0.25) is 0 Å². The van der Waals surface area contributed by atoms with Crippen molar-refractivity contribution >= 4 is 22.7 Å². The Labute approximate surface area is 138 Å². The average Bonchev–Trinajstić information content (AvgIpc) is 3.10. The van der Waals surface area contributed by atoms with Crippen molar-refractivity contribution < 1.29 is 4.52 Å². The molecule has 0 N–H and O–H groups in total. The summed E-state index contributed by atoms with van der Waals surface area (Å²) in [5.41, 5.74) is 3.00. The van der Waals surface area contributed by atoms with Crippen molar-refractivity contribution in [2.75, 3.05) is 0 Å². The van der Waals surface area contributed by atoms with E-state index in [9.17, 15) is 0 Å². The summed E-state index contributed by atoms with van der Waals surface area (Å²) in [5, 5.41) is 5.35. The highest BCUT2D eigenvalue weighted by Crippen LogP contribution is 2.30. The lowest BCUT2D eigenvalue weighted by atomic mass is 10.2. The third-order valence-electron chi connectivity index (χ3n) is 3.60. The maximum absolute atomic E-state index is 5.45. The Balaban J connectivity index is 1.54. The monoisotopic (exact) mass is 318 g/mol. The standard InChI is InChI=1S/C19H14N2OS/c1-2-6-14(7-3-1)18-12-15(21-22-18)13-23-19-10-11-20-17-9-5-4-8-16(17)19/h1-12H,13H2. The molecule has 0 saturated carbocycles. The summed E-state index contributed by atoms with van der Waals surface area (Å²) in [6, 6.07) is 22.3. The molecule has 0 spiro atoms. The van der Waals surface area contributed by atoms with Gasteiger partial charge in [-0.05, 0) is 12.1 Å². The van der Waals surface area contributed by atoms with Crippen molar-refractivity contribution in [2.45, 2.75) is 10.6 Å². The summed E-state index contributed by atoms with van der Waals surface area (Å²) in [6.45, 7) is 0. The first-order valence-electron chi connectivity index (χ1n) is 7.38. The predicted octanol–water partition coefficient (Wildman–Crippen LogP) is 5.18. The number of rotatable bonds is 4. The molecule has 23 heavy (non-hydrogen) atoms. The van der Waals surface area contributed by atoms with Crippen LogP contribution in [0.5, 0.6) is 0 Å². The highest BCUT2D eigenvalue weighted by atomic mass is 32.2. The first kappa shape index (κ1) is 14.0. The van der Waals surface area contributed by atoms with Crippen LogP contribution in [0.2, 0.25) is 0 Å². The Morgan fingerprint density at radius 2 is 1.74 bits per heavy atom. The van der Waals surface area contributed by atoms with Gasteiger partial charge in [0.05, 0.1) is 11.2 Å². The normalized spacial score (nSPS) is 11.0. The molecule has 4 heteroatoms. The molecule has 0 aliphatic carbocycles. The molecule has 0 aliphatic heterocycles. The molecule has 0 unspecified atom stereocenters. The first-order chi connectivity index (χ1) is 11.4. The molecule has 0 radical (unpaired) electrons. The molecule has 0 fully saturated rings. The number of hydrogen-bond acceptors (Lipinski definition) is 4. The molecule has 0 amide bonds. The third kappa shape index (κ3) is 2.98. The number of thioether (sulfide) groups is 1. The van der Waals surface area contributed by atoms with Crippen LogP contribution in [0.25, 0.3) is 22.2 Å². The molecule has 4 aromatic rings. The fraction of sp³-hybridized carbons (Fsp3) is 0.0526. The summed E-state index contributed by atoms with van der Waals surface area (Å²) >= 11 is 1.75. The number of para-hydroxylation sites is 1. The van der Waals surface area contributed by atoms with Crippen molar-refractivity contribution in [1.82, 2.24) is 10.1 Å². The van der Waals surface area contributed by atoms with E-state index in [4.69, 9.17) is 4.52 Å². The van der Waals surface area contributed by atoms with Gasteiger partial charge in [-0.1, -0.05) is 53.7 Å². The molecule has 112 valence electrons. The van der Waals surface area contributed by atoms with E-state index in [0.717, 1.165) is 28.3 Å². The summed E-state index contributed by atoms with van der Waals surface area (Å²) < 4.78 is 5.45. The molecular formula is C19H14N2OS. The lowest BCUT2D eigenvalue weighted by molar-refractivity contribution is 0.426. The summed E-state index contributed by atoms with van der Waals surface area (Å²) in [7, 11) is 0. The molecule has 0 atom stereocenters. The van der Waals surface area contributed by atoms with Crippen molar-refractivity contribution in [3.05, 3.63) is 78.6 Å². The van der Waals surface area contributed by atoms with Gasteiger partial charge in [0.15, 0.2) is 5.76 Å². The summed E-state index contributed by atoms with van der Waals surface area (Å²) in [6.07, 6.45) is 1.85. The maximum Gasteiger partial charge on any atom is 0.167 e. The van der Waals surface area contributed by atoms with Gasteiger partial charge < -0.3 is 4.52 Å². The van der Waals surface area contributed by atoms with Gasteiger partial charge in [-0.15, -0.1) is 11.8 Å². The fourth-order valence-corrected chi connectivity index (χ4v) is 3.39. The third-order valence-corrected chi connectivity index (χ3v) is 4.71. The van der Waals surface area contributed by atoms with Crippen LogP contribution in [0.1, 0.15) is 5.69 Å². The Bertz CT molecular complexity index is 929. The maximum atomic E-state index is 5.45. The zero-order valence-corrected chi connectivity index (χ0v) is 13.2.